The molecule has 0 heterocycles. The van der Waals surface area contributed by atoms with Crippen molar-refractivity contribution in [2.45, 2.75) is 25.8 Å². The highest BCUT2D eigenvalue weighted by Gasteiger charge is 2.16. The zero-order valence-corrected chi connectivity index (χ0v) is 9.53. The molecular formula is C12H17NO3. The van der Waals surface area contributed by atoms with E-state index in [4.69, 9.17) is 10.2 Å². The lowest BCUT2D eigenvalue weighted by atomic mass is 10.0. The second kappa shape index (κ2) is 4.99. The van der Waals surface area contributed by atoms with Crippen LogP contribution in [0.5, 0.6) is 0 Å². The van der Waals surface area contributed by atoms with Gasteiger partial charge in [0.15, 0.2) is 0 Å². The van der Waals surface area contributed by atoms with Crippen LogP contribution in [0.3, 0.4) is 0 Å². The van der Waals surface area contributed by atoms with E-state index in [0.29, 0.717) is 6.42 Å². The van der Waals surface area contributed by atoms with E-state index in [1.807, 2.05) is 13.8 Å². The largest absolute Gasteiger partial charge is 0.478 e. The van der Waals surface area contributed by atoms with Gasteiger partial charge in [-0.25, -0.2) is 4.79 Å². The smallest absolute Gasteiger partial charge is 0.335 e. The van der Waals surface area contributed by atoms with Gasteiger partial charge in [0, 0.05) is 17.8 Å². The molecule has 3 N–H and O–H groups in total. The molecule has 0 unspecified atom stereocenters. The number of rotatable bonds is 5. The predicted molar refractivity (Wildman–Crippen MR) is 62.8 cm³/mol. The van der Waals surface area contributed by atoms with Crippen LogP contribution in [0.25, 0.3) is 0 Å². The SMILES string of the molecule is CC(C)(CCO)Nc1ccc(C(=O)O)cc1. The van der Waals surface area contributed by atoms with Crippen LogP contribution in [-0.2, 0) is 0 Å². The number of hydrogen-bond acceptors (Lipinski definition) is 3. The number of carboxylic acids is 1. The number of aliphatic hydroxyl groups is 1. The zero-order chi connectivity index (χ0) is 12.2. The highest BCUT2D eigenvalue weighted by molar-refractivity contribution is 5.88. The first-order valence-electron chi connectivity index (χ1n) is 5.17. The van der Waals surface area contributed by atoms with Crippen molar-refractivity contribution >= 4 is 11.7 Å². The first-order chi connectivity index (χ1) is 7.44. The Balaban J connectivity index is 2.72. The van der Waals surface area contributed by atoms with Gasteiger partial charge in [0.1, 0.15) is 0 Å². The minimum absolute atomic E-state index is 0.118. The van der Waals surface area contributed by atoms with E-state index in [-0.39, 0.29) is 17.7 Å². The Bertz CT molecular complexity index is 357. The first-order valence-corrected chi connectivity index (χ1v) is 5.17. The van der Waals surface area contributed by atoms with E-state index in [2.05, 4.69) is 5.32 Å². The number of aromatic carboxylic acids is 1. The third-order valence-corrected chi connectivity index (χ3v) is 2.35. The lowest BCUT2D eigenvalue weighted by Gasteiger charge is -2.26. The van der Waals surface area contributed by atoms with Crippen LogP contribution in [0.15, 0.2) is 24.3 Å². The Morgan fingerprint density at radius 1 is 1.31 bits per heavy atom. The van der Waals surface area contributed by atoms with Crippen molar-refractivity contribution in [3.05, 3.63) is 29.8 Å². The molecule has 1 rings (SSSR count). The Labute approximate surface area is 94.9 Å². The molecule has 4 nitrogen and oxygen atoms in total. The van der Waals surface area contributed by atoms with Gasteiger partial charge in [-0.1, -0.05) is 0 Å². The van der Waals surface area contributed by atoms with Crippen LogP contribution >= 0.6 is 0 Å². The highest BCUT2D eigenvalue weighted by Crippen LogP contribution is 2.18. The summed E-state index contributed by atoms with van der Waals surface area (Å²) in [5, 5.41) is 20.9. The topological polar surface area (TPSA) is 69.6 Å². The predicted octanol–water partition coefficient (Wildman–Crippen LogP) is 1.96. The van der Waals surface area contributed by atoms with E-state index in [1.54, 1.807) is 24.3 Å². The minimum atomic E-state index is -0.929. The molecule has 0 saturated carbocycles. The number of benzene rings is 1. The first kappa shape index (κ1) is 12.5. The molecule has 0 fully saturated rings. The van der Waals surface area contributed by atoms with Gasteiger partial charge < -0.3 is 15.5 Å². The normalized spacial score (nSPS) is 11.2. The molecule has 0 spiro atoms. The monoisotopic (exact) mass is 223 g/mol. The van der Waals surface area contributed by atoms with Crippen molar-refractivity contribution in [1.82, 2.24) is 0 Å². The fraction of sp³-hybridized carbons (Fsp3) is 0.417. The van der Waals surface area contributed by atoms with E-state index < -0.39 is 5.97 Å². The minimum Gasteiger partial charge on any atom is -0.478 e. The number of carboxylic acid groups (broad SMARTS) is 1. The molecule has 0 amide bonds. The maximum Gasteiger partial charge on any atom is 0.335 e. The maximum absolute atomic E-state index is 10.6. The second-order valence-electron chi connectivity index (χ2n) is 4.36. The molecular weight excluding hydrogens is 206 g/mol. The fourth-order valence-corrected chi connectivity index (χ4v) is 1.43. The second-order valence-corrected chi connectivity index (χ2v) is 4.36. The molecule has 0 aliphatic heterocycles. The van der Waals surface area contributed by atoms with Crippen molar-refractivity contribution in [2.24, 2.45) is 0 Å². The number of aliphatic hydroxyl groups excluding tert-OH is 1. The summed E-state index contributed by atoms with van der Waals surface area (Å²) in [6, 6.07) is 6.56. The number of anilines is 1. The van der Waals surface area contributed by atoms with E-state index in [1.165, 1.54) is 0 Å². The van der Waals surface area contributed by atoms with Crippen LogP contribution in [0.2, 0.25) is 0 Å². The lowest BCUT2D eigenvalue weighted by Crippen LogP contribution is -2.31. The molecule has 0 aliphatic rings. The Morgan fingerprint density at radius 3 is 2.31 bits per heavy atom. The summed E-state index contributed by atoms with van der Waals surface area (Å²) >= 11 is 0. The van der Waals surface area contributed by atoms with Crippen molar-refractivity contribution < 1.29 is 15.0 Å². The van der Waals surface area contributed by atoms with Crippen LogP contribution in [0, 0.1) is 0 Å². The number of carbonyl (C=O) groups is 1. The summed E-state index contributed by atoms with van der Waals surface area (Å²) < 4.78 is 0. The van der Waals surface area contributed by atoms with E-state index in [9.17, 15) is 4.79 Å². The molecule has 16 heavy (non-hydrogen) atoms. The quantitative estimate of drug-likeness (QED) is 0.713. The Hall–Kier alpha value is -1.55. The fourth-order valence-electron chi connectivity index (χ4n) is 1.43. The third kappa shape index (κ3) is 3.55. The zero-order valence-electron chi connectivity index (χ0n) is 9.53. The van der Waals surface area contributed by atoms with Crippen LogP contribution in [0.4, 0.5) is 5.69 Å². The molecule has 1 aromatic rings. The number of nitrogens with one attached hydrogen (secondary N) is 1. The molecule has 88 valence electrons. The van der Waals surface area contributed by atoms with Crippen molar-refractivity contribution in [3.8, 4) is 0 Å². The van der Waals surface area contributed by atoms with Crippen LogP contribution in [-0.4, -0.2) is 28.3 Å². The Kier molecular flexibility index (Phi) is 3.90. The van der Waals surface area contributed by atoms with E-state index in [0.717, 1.165) is 5.69 Å². The molecule has 0 atom stereocenters. The Morgan fingerprint density at radius 2 is 1.88 bits per heavy atom. The molecule has 0 aliphatic carbocycles. The summed E-state index contributed by atoms with van der Waals surface area (Å²) in [6.07, 6.45) is 0.633. The van der Waals surface area contributed by atoms with Gasteiger partial charge in [0.05, 0.1) is 5.56 Å². The average Bonchev–Trinajstić information content (AvgIpc) is 2.17. The van der Waals surface area contributed by atoms with Gasteiger partial charge in [0.2, 0.25) is 0 Å². The third-order valence-electron chi connectivity index (χ3n) is 2.35. The summed E-state index contributed by atoms with van der Waals surface area (Å²) in [4.78, 5) is 10.6. The molecule has 0 radical (unpaired) electrons. The maximum atomic E-state index is 10.6. The summed E-state index contributed by atoms with van der Waals surface area (Å²) in [6.45, 7) is 4.08. The van der Waals surface area contributed by atoms with Crippen LogP contribution in [0.1, 0.15) is 30.6 Å². The van der Waals surface area contributed by atoms with Crippen molar-refractivity contribution in [1.29, 1.82) is 0 Å². The van der Waals surface area contributed by atoms with Gasteiger partial charge >= 0.3 is 5.97 Å². The summed E-state index contributed by atoms with van der Waals surface area (Å²) in [5.74, 6) is -0.929. The average molecular weight is 223 g/mol. The summed E-state index contributed by atoms with van der Waals surface area (Å²) in [7, 11) is 0. The standard InChI is InChI=1S/C12H17NO3/c1-12(2,7-8-14)13-10-5-3-9(4-6-10)11(15)16/h3-6,13-14H,7-8H2,1-2H3,(H,15,16). The van der Waals surface area contributed by atoms with Crippen molar-refractivity contribution in [3.63, 3.8) is 0 Å². The summed E-state index contributed by atoms with van der Waals surface area (Å²) in [5.41, 5.74) is 0.911. The molecule has 0 saturated heterocycles. The molecule has 0 aromatic heterocycles. The molecule has 4 heteroatoms. The van der Waals surface area contributed by atoms with Gasteiger partial charge in [-0.15, -0.1) is 0 Å². The van der Waals surface area contributed by atoms with Gasteiger partial charge in [-0.2, -0.15) is 0 Å². The molecule has 0 bridgehead atoms. The van der Waals surface area contributed by atoms with Gasteiger partial charge in [-0.3, -0.25) is 0 Å². The lowest BCUT2D eigenvalue weighted by molar-refractivity contribution is 0.0697. The van der Waals surface area contributed by atoms with Crippen molar-refractivity contribution in [2.75, 3.05) is 11.9 Å². The van der Waals surface area contributed by atoms with Gasteiger partial charge in [0.25, 0.3) is 0 Å². The van der Waals surface area contributed by atoms with Crippen LogP contribution < -0.4 is 5.32 Å². The highest BCUT2D eigenvalue weighted by atomic mass is 16.4. The molecule has 1 aromatic carbocycles. The van der Waals surface area contributed by atoms with Gasteiger partial charge in [-0.05, 0) is 44.5 Å². The number of hydrogen-bond donors (Lipinski definition) is 3. The van der Waals surface area contributed by atoms with E-state index >= 15 is 0 Å².